The molecule has 0 radical (unpaired) electrons. The van der Waals surface area contributed by atoms with E-state index < -0.39 is 0 Å². The van der Waals surface area contributed by atoms with Crippen LogP contribution in [0, 0.1) is 0 Å². The Balaban J connectivity index is 3.08. The summed E-state index contributed by atoms with van der Waals surface area (Å²) in [6, 6.07) is 0. The smallest absolute Gasteiger partial charge is 0.222 e. The Hall–Kier alpha value is -0.570. The maximum atomic E-state index is 11.0. The van der Waals surface area contributed by atoms with E-state index in [1.807, 2.05) is 0 Å². The Morgan fingerprint density at radius 2 is 2.17 bits per heavy atom. The first-order valence-corrected chi connectivity index (χ1v) is 4.57. The van der Waals surface area contributed by atoms with E-state index in [4.69, 9.17) is 4.74 Å². The van der Waals surface area contributed by atoms with Gasteiger partial charge >= 0.3 is 0 Å². The van der Waals surface area contributed by atoms with Crippen molar-refractivity contribution in [2.75, 3.05) is 20.3 Å². The van der Waals surface area contributed by atoms with E-state index in [1.54, 1.807) is 7.11 Å². The first-order chi connectivity index (χ1) is 5.81. The van der Waals surface area contributed by atoms with Crippen molar-refractivity contribution in [1.29, 1.82) is 0 Å². The molecule has 0 rings (SSSR count). The molecule has 0 spiro atoms. The highest BCUT2D eigenvalue weighted by atomic mass is 16.5. The van der Waals surface area contributed by atoms with Crippen LogP contribution < -0.4 is 5.32 Å². The summed E-state index contributed by atoms with van der Waals surface area (Å²) >= 11 is 0. The molecule has 0 aliphatic rings. The van der Waals surface area contributed by atoms with E-state index in [2.05, 4.69) is 12.2 Å². The summed E-state index contributed by atoms with van der Waals surface area (Å²) in [6.07, 6.45) is 3.93. The number of amides is 1. The first kappa shape index (κ1) is 11.4. The molecule has 0 atom stereocenters. The third-order valence-electron chi connectivity index (χ3n) is 1.64. The highest BCUT2D eigenvalue weighted by Gasteiger charge is 1.97. The summed E-state index contributed by atoms with van der Waals surface area (Å²) in [7, 11) is 1.60. The molecule has 0 saturated carbocycles. The number of methoxy groups -OCH3 is 1. The number of ether oxygens (including phenoxy) is 1. The molecule has 0 unspecified atom stereocenters. The van der Waals surface area contributed by atoms with Crippen molar-refractivity contribution in [3.8, 4) is 0 Å². The molecule has 72 valence electrons. The highest BCUT2D eigenvalue weighted by Crippen LogP contribution is 1.91. The number of hydrogen-bond acceptors (Lipinski definition) is 2. The van der Waals surface area contributed by atoms with Crippen molar-refractivity contribution >= 4 is 5.91 Å². The van der Waals surface area contributed by atoms with Crippen molar-refractivity contribution in [1.82, 2.24) is 5.32 Å². The molecule has 0 aliphatic heterocycles. The van der Waals surface area contributed by atoms with Gasteiger partial charge in [0.05, 0.1) is 6.61 Å². The molecule has 1 N–H and O–H groups in total. The lowest BCUT2D eigenvalue weighted by Crippen LogP contribution is -2.25. The number of nitrogens with one attached hydrogen (secondary N) is 1. The fraction of sp³-hybridized carbons (Fsp3) is 0.889. The Morgan fingerprint density at radius 3 is 2.75 bits per heavy atom. The molecule has 0 fully saturated rings. The second-order valence-electron chi connectivity index (χ2n) is 2.80. The minimum Gasteiger partial charge on any atom is -0.384 e. The largest absolute Gasteiger partial charge is 0.384 e. The van der Waals surface area contributed by atoms with Crippen LogP contribution in [0.15, 0.2) is 0 Å². The predicted octanol–water partition coefficient (Wildman–Crippen LogP) is 1.33. The molecule has 0 heterocycles. The molecular weight excluding hydrogens is 154 g/mol. The molecular formula is C9H19NO2. The van der Waals surface area contributed by atoms with Crippen LogP contribution in [0.2, 0.25) is 0 Å². The van der Waals surface area contributed by atoms with Gasteiger partial charge in [0.25, 0.3) is 0 Å². The van der Waals surface area contributed by atoms with Crippen LogP contribution in [-0.2, 0) is 9.53 Å². The molecule has 3 nitrogen and oxygen atoms in total. The highest BCUT2D eigenvalue weighted by molar-refractivity contribution is 5.75. The number of carbonyl (C=O) groups is 1. The van der Waals surface area contributed by atoms with Gasteiger partial charge in [-0.3, -0.25) is 4.79 Å². The number of unbranched alkanes of at least 4 members (excludes halogenated alkanes) is 2. The van der Waals surface area contributed by atoms with Crippen LogP contribution in [0.3, 0.4) is 0 Å². The van der Waals surface area contributed by atoms with Gasteiger partial charge in [0.1, 0.15) is 0 Å². The fourth-order valence-corrected chi connectivity index (χ4v) is 0.886. The number of rotatable bonds is 7. The van der Waals surface area contributed by atoms with Crippen LogP contribution in [0.25, 0.3) is 0 Å². The quantitative estimate of drug-likeness (QED) is 0.590. The van der Waals surface area contributed by atoms with E-state index in [9.17, 15) is 4.79 Å². The molecule has 0 bridgehead atoms. The average molecular weight is 173 g/mol. The molecule has 1 amide bonds. The maximum Gasteiger partial charge on any atom is 0.222 e. The summed E-state index contributed by atoms with van der Waals surface area (Å²) in [4.78, 5) is 11.0. The molecule has 12 heavy (non-hydrogen) atoms. The van der Waals surface area contributed by atoms with Gasteiger partial charge < -0.3 is 10.1 Å². The minimum atomic E-state index is 0.0907. The van der Waals surface area contributed by atoms with Crippen molar-refractivity contribution < 1.29 is 9.53 Å². The van der Waals surface area contributed by atoms with Gasteiger partial charge in [-0.1, -0.05) is 19.8 Å². The Bertz CT molecular complexity index is 115. The van der Waals surface area contributed by atoms with Gasteiger partial charge in [0.2, 0.25) is 5.91 Å². The lowest BCUT2D eigenvalue weighted by Gasteiger charge is -2.03. The molecule has 3 heteroatoms. The minimum absolute atomic E-state index is 0.0907. The molecule has 0 aromatic rings. The van der Waals surface area contributed by atoms with Crippen molar-refractivity contribution in [3.63, 3.8) is 0 Å². The van der Waals surface area contributed by atoms with E-state index in [-0.39, 0.29) is 5.91 Å². The summed E-state index contributed by atoms with van der Waals surface area (Å²) in [5.41, 5.74) is 0. The lowest BCUT2D eigenvalue weighted by molar-refractivity contribution is -0.121. The maximum absolute atomic E-state index is 11.0. The van der Waals surface area contributed by atoms with E-state index in [0.29, 0.717) is 13.0 Å². The van der Waals surface area contributed by atoms with E-state index >= 15 is 0 Å². The monoisotopic (exact) mass is 173 g/mol. The van der Waals surface area contributed by atoms with Crippen LogP contribution >= 0.6 is 0 Å². The first-order valence-electron chi connectivity index (χ1n) is 4.57. The van der Waals surface area contributed by atoms with Gasteiger partial charge in [0.15, 0.2) is 0 Å². The van der Waals surface area contributed by atoms with Gasteiger partial charge in [-0.05, 0) is 6.42 Å². The van der Waals surface area contributed by atoms with Gasteiger partial charge in [0, 0.05) is 20.1 Å². The summed E-state index contributed by atoms with van der Waals surface area (Å²) in [6.45, 7) is 3.46. The molecule has 0 saturated heterocycles. The van der Waals surface area contributed by atoms with Crippen molar-refractivity contribution in [2.24, 2.45) is 0 Å². The van der Waals surface area contributed by atoms with E-state index in [0.717, 1.165) is 13.0 Å². The Kier molecular flexibility index (Phi) is 8.12. The zero-order valence-electron chi connectivity index (χ0n) is 8.06. The van der Waals surface area contributed by atoms with Gasteiger partial charge in [-0.25, -0.2) is 0 Å². The molecule has 0 aromatic heterocycles. The Morgan fingerprint density at radius 1 is 1.42 bits per heavy atom. The van der Waals surface area contributed by atoms with Crippen LogP contribution in [-0.4, -0.2) is 26.2 Å². The summed E-state index contributed by atoms with van der Waals surface area (Å²) in [5, 5.41) is 2.83. The second-order valence-corrected chi connectivity index (χ2v) is 2.80. The fourth-order valence-electron chi connectivity index (χ4n) is 0.886. The third kappa shape index (κ3) is 7.54. The zero-order valence-corrected chi connectivity index (χ0v) is 8.06. The zero-order chi connectivity index (χ0) is 9.23. The van der Waals surface area contributed by atoms with Crippen LogP contribution in [0.5, 0.6) is 0 Å². The van der Waals surface area contributed by atoms with E-state index in [1.165, 1.54) is 12.8 Å². The number of carbonyl (C=O) groups excluding carboxylic acids is 1. The van der Waals surface area contributed by atoms with Gasteiger partial charge in [-0.2, -0.15) is 0 Å². The topological polar surface area (TPSA) is 38.3 Å². The third-order valence-corrected chi connectivity index (χ3v) is 1.64. The van der Waals surface area contributed by atoms with Gasteiger partial charge in [-0.15, -0.1) is 0 Å². The van der Waals surface area contributed by atoms with Crippen LogP contribution in [0.4, 0.5) is 0 Å². The number of hydrogen-bond donors (Lipinski definition) is 1. The second kappa shape index (κ2) is 8.53. The van der Waals surface area contributed by atoms with Crippen molar-refractivity contribution in [3.05, 3.63) is 0 Å². The predicted molar refractivity (Wildman–Crippen MR) is 49.0 cm³/mol. The lowest BCUT2D eigenvalue weighted by atomic mass is 10.2. The normalized spacial score (nSPS) is 9.83. The average Bonchev–Trinajstić information content (AvgIpc) is 2.09. The Labute approximate surface area is 74.5 Å². The summed E-state index contributed by atoms with van der Waals surface area (Å²) in [5.74, 6) is 0.0907. The molecule has 0 aromatic carbocycles. The standard InChI is InChI=1S/C9H19NO2/c1-3-4-5-7-10-9(11)6-8-12-2/h3-8H2,1-2H3,(H,10,11). The van der Waals surface area contributed by atoms with Crippen LogP contribution in [0.1, 0.15) is 32.6 Å². The summed E-state index contributed by atoms with van der Waals surface area (Å²) < 4.78 is 4.78. The SMILES string of the molecule is CCCCCNC(=O)CCOC. The van der Waals surface area contributed by atoms with Crippen molar-refractivity contribution in [2.45, 2.75) is 32.6 Å². The molecule has 0 aliphatic carbocycles.